The molecule has 1 atom stereocenters. The largest absolute Gasteiger partial charge is 0.478 e. The van der Waals surface area contributed by atoms with Crippen LogP contribution in [0.2, 0.25) is 0 Å². The lowest BCUT2D eigenvalue weighted by Gasteiger charge is -2.12. The van der Waals surface area contributed by atoms with Gasteiger partial charge in [-0.3, -0.25) is 4.79 Å². The minimum Gasteiger partial charge on any atom is -0.478 e. The summed E-state index contributed by atoms with van der Waals surface area (Å²) < 4.78 is 22.7. The lowest BCUT2D eigenvalue weighted by Crippen LogP contribution is -2.19. The molecule has 2 N–H and O–H groups in total. The van der Waals surface area contributed by atoms with Crippen molar-refractivity contribution in [1.82, 2.24) is 0 Å². The number of carboxylic acids is 1. The number of aromatic carboxylic acids is 1. The highest BCUT2D eigenvalue weighted by Gasteiger charge is 2.29. The quantitative estimate of drug-likeness (QED) is 0.876. The number of carboxylic acid groups (broad SMARTS) is 1. The van der Waals surface area contributed by atoms with Gasteiger partial charge in [-0.05, 0) is 30.9 Å². The summed E-state index contributed by atoms with van der Waals surface area (Å²) in [5, 5.41) is 11.8. The molecule has 0 bridgehead atoms. The van der Waals surface area contributed by atoms with Gasteiger partial charge in [0.2, 0.25) is 5.91 Å². The molecule has 1 unspecified atom stereocenters. The number of carbonyl (C=O) groups excluding carboxylic acids is 1. The van der Waals surface area contributed by atoms with Gasteiger partial charge in [-0.25, -0.2) is 13.2 Å². The zero-order valence-electron chi connectivity index (χ0n) is 11.6. The highest BCUT2D eigenvalue weighted by atomic mass is 32.2. The van der Waals surface area contributed by atoms with Crippen LogP contribution < -0.4 is 5.32 Å². The van der Waals surface area contributed by atoms with Crippen molar-refractivity contribution in [3.8, 4) is 0 Å². The zero-order chi connectivity index (χ0) is 15.6. The Bertz CT molecular complexity index is 681. The van der Waals surface area contributed by atoms with Crippen LogP contribution in [0.1, 0.15) is 28.8 Å². The first-order valence-electron chi connectivity index (χ1n) is 6.61. The molecular weight excluding hydrogens is 294 g/mol. The summed E-state index contributed by atoms with van der Waals surface area (Å²) >= 11 is 0. The monoisotopic (exact) mass is 311 g/mol. The van der Waals surface area contributed by atoms with Crippen LogP contribution in [0.3, 0.4) is 0 Å². The van der Waals surface area contributed by atoms with E-state index in [1.54, 1.807) is 19.1 Å². The summed E-state index contributed by atoms with van der Waals surface area (Å²) in [6.07, 6.45) is 0.571. The lowest BCUT2D eigenvalue weighted by atomic mass is 10.0. The number of aryl methyl sites for hydroxylation is 1. The standard InChI is InChI=1S/C14H17NO5S/c1-9-3-2-4-11(13(9)14(17)18)15-12(16)7-10-5-6-21(19,20)8-10/h2-4,10H,5-8H2,1H3,(H,15,16)(H,17,18). The van der Waals surface area contributed by atoms with Gasteiger partial charge in [0.05, 0.1) is 22.8 Å². The van der Waals surface area contributed by atoms with E-state index in [1.807, 2.05) is 0 Å². The summed E-state index contributed by atoms with van der Waals surface area (Å²) in [6.45, 7) is 1.66. The van der Waals surface area contributed by atoms with Gasteiger partial charge in [0.15, 0.2) is 9.84 Å². The molecule has 1 aromatic carbocycles. The molecule has 21 heavy (non-hydrogen) atoms. The van der Waals surface area contributed by atoms with Crippen molar-refractivity contribution in [3.05, 3.63) is 29.3 Å². The molecule has 1 fully saturated rings. The number of carbonyl (C=O) groups is 2. The second kappa shape index (κ2) is 5.85. The third-order valence-electron chi connectivity index (χ3n) is 3.56. The normalized spacial score (nSPS) is 20.1. The maximum absolute atomic E-state index is 12.0. The Morgan fingerprint density at radius 1 is 1.38 bits per heavy atom. The highest BCUT2D eigenvalue weighted by molar-refractivity contribution is 7.91. The van der Waals surface area contributed by atoms with Crippen molar-refractivity contribution < 1.29 is 23.1 Å². The van der Waals surface area contributed by atoms with Gasteiger partial charge in [-0.15, -0.1) is 0 Å². The van der Waals surface area contributed by atoms with E-state index in [0.29, 0.717) is 12.0 Å². The molecule has 0 spiro atoms. The van der Waals surface area contributed by atoms with E-state index < -0.39 is 15.8 Å². The molecule has 1 saturated heterocycles. The smallest absolute Gasteiger partial charge is 0.338 e. The Morgan fingerprint density at radius 2 is 2.10 bits per heavy atom. The fourth-order valence-corrected chi connectivity index (χ4v) is 4.41. The summed E-state index contributed by atoms with van der Waals surface area (Å²) in [4.78, 5) is 23.2. The Kier molecular flexibility index (Phi) is 4.32. The Balaban J connectivity index is 2.07. The van der Waals surface area contributed by atoms with Crippen LogP contribution in [0.25, 0.3) is 0 Å². The second-order valence-electron chi connectivity index (χ2n) is 5.32. The van der Waals surface area contributed by atoms with Gasteiger partial charge in [0, 0.05) is 6.42 Å². The molecule has 0 radical (unpaired) electrons. The van der Waals surface area contributed by atoms with Crippen LogP contribution in [0.4, 0.5) is 5.69 Å². The molecule has 1 aliphatic rings. The van der Waals surface area contributed by atoms with Crippen LogP contribution in [0.15, 0.2) is 18.2 Å². The van der Waals surface area contributed by atoms with Gasteiger partial charge in [-0.1, -0.05) is 12.1 Å². The summed E-state index contributed by atoms with van der Waals surface area (Å²) in [6, 6.07) is 4.85. The first-order chi connectivity index (χ1) is 9.78. The van der Waals surface area contributed by atoms with E-state index in [-0.39, 0.29) is 41.0 Å². The molecule has 7 heteroatoms. The van der Waals surface area contributed by atoms with Crippen LogP contribution >= 0.6 is 0 Å². The topological polar surface area (TPSA) is 101 Å². The minimum absolute atomic E-state index is 0.0278. The number of rotatable bonds is 4. The molecule has 114 valence electrons. The molecule has 1 amide bonds. The Labute approximate surface area is 123 Å². The highest BCUT2D eigenvalue weighted by Crippen LogP contribution is 2.24. The molecule has 1 heterocycles. The zero-order valence-corrected chi connectivity index (χ0v) is 12.4. The fraction of sp³-hybridized carbons (Fsp3) is 0.429. The van der Waals surface area contributed by atoms with Gasteiger partial charge < -0.3 is 10.4 Å². The summed E-state index contributed by atoms with van der Waals surface area (Å²) in [5.41, 5.74) is 0.863. The summed E-state index contributed by atoms with van der Waals surface area (Å²) in [7, 11) is -3.02. The maximum Gasteiger partial charge on any atom is 0.338 e. The van der Waals surface area contributed by atoms with E-state index >= 15 is 0 Å². The SMILES string of the molecule is Cc1cccc(NC(=O)CC2CCS(=O)(=O)C2)c1C(=O)O. The van der Waals surface area contributed by atoms with E-state index in [9.17, 15) is 23.1 Å². The van der Waals surface area contributed by atoms with Crippen molar-refractivity contribution in [1.29, 1.82) is 0 Å². The van der Waals surface area contributed by atoms with E-state index in [0.717, 1.165) is 0 Å². The molecule has 2 rings (SSSR count). The lowest BCUT2D eigenvalue weighted by molar-refractivity contribution is -0.116. The molecule has 1 aliphatic heterocycles. The average Bonchev–Trinajstić information content (AvgIpc) is 2.67. The van der Waals surface area contributed by atoms with Crippen LogP contribution in [-0.2, 0) is 14.6 Å². The first-order valence-corrected chi connectivity index (χ1v) is 8.44. The first kappa shape index (κ1) is 15.5. The second-order valence-corrected chi connectivity index (χ2v) is 7.55. The molecule has 0 saturated carbocycles. The maximum atomic E-state index is 12.0. The number of benzene rings is 1. The number of anilines is 1. The van der Waals surface area contributed by atoms with Gasteiger partial charge in [0.1, 0.15) is 0 Å². The van der Waals surface area contributed by atoms with E-state index in [2.05, 4.69) is 5.32 Å². The Hall–Kier alpha value is -1.89. The van der Waals surface area contributed by atoms with Crippen molar-refractivity contribution >= 4 is 27.4 Å². The summed E-state index contributed by atoms with van der Waals surface area (Å²) in [5.74, 6) is -1.50. The van der Waals surface area contributed by atoms with E-state index in [4.69, 9.17) is 0 Å². The number of hydrogen-bond acceptors (Lipinski definition) is 4. The average molecular weight is 311 g/mol. The molecule has 6 nitrogen and oxygen atoms in total. The third-order valence-corrected chi connectivity index (χ3v) is 5.40. The van der Waals surface area contributed by atoms with Gasteiger partial charge in [-0.2, -0.15) is 0 Å². The number of amides is 1. The van der Waals surface area contributed by atoms with Crippen molar-refractivity contribution in [2.24, 2.45) is 5.92 Å². The van der Waals surface area contributed by atoms with Crippen LogP contribution in [0.5, 0.6) is 0 Å². The fourth-order valence-electron chi connectivity index (χ4n) is 2.55. The van der Waals surface area contributed by atoms with Crippen molar-refractivity contribution in [3.63, 3.8) is 0 Å². The predicted molar refractivity (Wildman–Crippen MR) is 78.1 cm³/mol. The molecular formula is C14H17NO5S. The molecule has 0 aromatic heterocycles. The third kappa shape index (κ3) is 3.81. The van der Waals surface area contributed by atoms with Crippen molar-refractivity contribution in [2.45, 2.75) is 19.8 Å². The van der Waals surface area contributed by atoms with Gasteiger partial charge in [0.25, 0.3) is 0 Å². The Morgan fingerprint density at radius 3 is 2.67 bits per heavy atom. The van der Waals surface area contributed by atoms with Gasteiger partial charge >= 0.3 is 5.97 Å². The number of sulfone groups is 1. The van der Waals surface area contributed by atoms with Crippen LogP contribution in [0, 0.1) is 12.8 Å². The number of hydrogen-bond donors (Lipinski definition) is 2. The molecule has 1 aromatic rings. The minimum atomic E-state index is -3.02. The predicted octanol–water partition coefficient (Wildman–Crippen LogP) is 1.46. The van der Waals surface area contributed by atoms with E-state index in [1.165, 1.54) is 6.07 Å². The van der Waals surface area contributed by atoms with Crippen LogP contribution in [-0.4, -0.2) is 36.9 Å². The number of nitrogens with one attached hydrogen (secondary N) is 1. The van der Waals surface area contributed by atoms with Crippen molar-refractivity contribution in [2.75, 3.05) is 16.8 Å². The molecule has 0 aliphatic carbocycles.